The summed E-state index contributed by atoms with van der Waals surface area (Å²) in [5.41, 5.74) is 0. The minimum atomic E-state index is -0.340. The van der Waals surface area contributed by atoms with Crippen LogP contribution in [0.3, 0.4) is 0 Å². The van der Waals surface area contributed by atoms with Crippen molar-refractivity contribution in [2.45, 2.75) is 20.1 Å². The van der Waals surface area contributed by atoms with Gasteiger partial charge in [0, 0.05) is 19.3 Å². The van der Waals surface area contributed by atoms with Gasteiger partial charge in [-0.05, 0) is 26.1 Å². The number of rotatable bonds is 9. The van der Waals surface area contributed by atoms with E-state index in [1.54, 1.807) is 26.5 Å². The maximum absolute atomic E-state index is 5.43. The highest BCUT2D eigenvalue weighted by Gasteiger charge is 2.10. The standard InChI is InChI=1S/C14H23N3O4S/c1-5-20-13(21-6-2)9-16-14(22)17-12-7-10(18-3)11(19-4)8-15-12/h7-8,13H,5-6,9H2,1-4H3,(H2,15,16,17,22). The fraction of sp³-hybridized carbons (Fsp3) is 0.571. The van der Waals surface area contributed by atoms with Gasteiger partial charge in [0.25, 0.3) is 0 Å². The molecule has 8 heteroatoms. The molecule has 0 saturated heterocycles. The third-order valence-corrected chi connectivity index (χ3v) is 2.89. The highest BCUT2D eigenvalue weighted by Crippen LogP contribution is 2.27. The summed E-state index contributed by atoms with van der Waals surface area (Å²) in [7, 11) is 3.12. The number of pyridine rings is 1. The lowest BCUT2D eigenvalue weighted by Gasteiger charge is -2.18. The molecule has 7 nitrogen and oxygen atoms in total. The summed E-state index contributed by atoms with van der Waals surface area (Å²) in [6.07, 6.45) is 1.22. The van der Waals surface area contributed by atoms with Gasteiger partial charge in [-0.1, -0.05) is 0 Å². The molecule has 0 radical (unpaired) electrons. The molecule has 0 amide bonds. The van der Waals surface area contributed by atoms with Gasteiger partial charge in [-0.25, -0.2) is 4.98 Å². The van der Waals surface area contributed by atoms with E-state index in [4.69, 9.17) is 31.2 Å². The van der Waals surface area contributed by atoms with E-state index in [9.17, 15) is 0 Å². The summed E-state index contributed by atoms with van der Waals surface area (Å²) >= 11 is 5.22. The van der Waals surface area contributed by atoms with E-state index in [0.29, 0.717) is 42.2 Å². The predicted octanol–water partition coefficient (Wildman–Crippen LogP) is 1.78. The van der Waals surface area contributed by atoms with E-state index in [0.717, 1.165) is 0 Å². The van der Waals surface area contributed by atoms with Gasteiger partial charge in [0.15, 0.2) is 22.9 Å². The molecular weight excluding hydrogens is 306 g/mol. The highest BCUT2D eigenvalue weighted by molar-refractivity contribution is 7.80. The van der Waals surface area contributed by atoms with Crippen LogP contribution in [-0.4, -0.2) is 50.4 Å². The van der Waals surface area contributed by atoms with Crippen molar-refractivity contribution in [2.24, 2.45) is 0 Å². The average molecular weight is 329 g/mol. The van der Waals surface area contributed by atoms with Crippen LogP contribution < -0.4 is 20.1 Å². The summed E-state index contributed by atoms with van der Waals surface area (Å²) in [6, 6.07) is 1.70. The van der Waals surface area contributed by atoms with Gasteiger partial charge in [0.05, 0.1) is 27.0 Å². The summed E-state index contributed by atoms with van der Waals surface area (Å²) < 4.78 is 21.2. The molecule has 0 bridgehead atoms. The number of ether oxygens (including phenoxy) is 4. The normalized spacial score (nSPS) is 10.4. The Hall–Kier alpha value is -1.64. The first-order chi connectivity index (χ1) is 10.6. The van der Waals surface area contributed by atoms with E-state index in [2.05, 4.69) is 15.6 Å². The second kappa shape index (κ2) is 10.1. The quantitative estimate of drug-likeness (QED) is 0.525. The van der Waals surface area contributed by atoms with Gasteiger partial charge < -0.3 is 29.6 Å². The third-order valence-electron chi connectivity index (χ3n) is 2.65. The molecule has 0 unspecified atom stereocenters. The fourth-order valence-electron chi connectivity index (χ4n) is 1.68. The first-order valence-electron chi connectivity index (χ1n) is 7.00. The Kier molecular flexibility index (Phi) is 8.49. The summed E-state index contributed by atoms with van der Waals surface area (Å²) in [5, 5.41) is 6.42. The minimum Gasteiger partial charge on any atom is -0.493 e. The van der Waals surface area contributed by atoms with E-state index in [1.165, 1.54) is 0 Å². The zero-order valence-corrected chi connectivity index (χ0v) is 14.2. The minimum absolute atomic E-state index is 0.340. The Labute approximate surface area is 136 Å². The van der Waals surface area contributed by atoms with Crippen LogP contribution in [0.5, 0.6) is 11.5 Å². The number of anilines is 1. The number of methoxy groups -OCH3 is 2. The SMILES string of the molecule is CCOC(CNC(=S)Nc1cc(OC)c(OC)cn1)OCC. The number of aromatic nitrogens is 1. The second-order valence-electron chi connectivity index (χ2n) is 4.10. The summed E-state index contributed by atoms with van der Waals surface area (Å²) in [4.78, 5) is 4.19. The van der Waals surface area contributed by atoms with Crippen LogP contribution in [0.1, 0.15) is 13.8 Å². The Morgan fingerprint density at radius 2 is 1.82 bits per heavy atom. The van der Waals surface area contributed by atoms with E-state index >= 15 is 0 Å². The van der Waals surface area contributed by atoms with Gasteiger partial charge in [0.2, 0.25) is 0 Å². The number of nitrogens with one attached hydrogen (secondary N) is 2. The molecule has 2 N–H and O–H groups in total. The van der Waals surface area contributed by atoms with E-state index < -0.39 is 0 Å². The van der Waals surface area contributed by atoms with Gasteiger partial charge in [-0.2, -0.15) is 0 Å². The topological polar surface area (TPSA) is 73.9 Å². The summed E-state index contributed by atoms with van der Waals surface area (Å²) in [6.45, 7) is 5.42. The number of nitrogens with zero attached hydrogens (tertiary/aromatic N) is 1. The maximum atomic E-state index is 5.43. The fourth-order valence-corrected chi connectivity index (χ4v) is 1.87. The van der Waals surface area contributed by atoms with Crippen LogP contribution in [0, 0.1) is 0 Å². The molecule has 0 aliphatic heterocycles. The van der Waals surface area contributed by atoms with Gasteiger partial charge in [0.1, 0.15) is 5.82 Å². The zero-order chi connectivity index (χ0) is 16.4. The number of thiocarbonyl (C=S) groups is 1. The van der Waals surface area contributed by atoms with Crippen LogP contribution in [0.4, 0.5) is 5.82 Å². The number of hydrogen-bond acceptors (Lipinski definition) is 6. The molecule has 1 heterocycles. The smallest absolute Gasteiger partial charge is 0.179 e. The van der Waals surface area contributed by atoms with Crippen molar-refractivity contribution in [3.8, 4) is 11.5 Å². The van der Waals surface area contributed by atoms with Crippen molar-refractivity contribution in [1.82, 2.24) is 10.3 Å². The van der Waals surface area contributed by atoms with Gasteiger partial charge >= 0.3 is 0 Å². The van der Waals surface area contributed by atoms with Gasteiger partial charge in [-0.3, -0.25) is 0 Å². The number of hydrogen-bond donors (Lipinski definition) is 2. The first kappa shape index (κ1) is 18.4. The molecule has 0 spiro atoms. The largest absolute Gasteiger partial charge is 0.493 e. The Balaban J connectivity index is 2.54. The molecule has 0 aliphatic carbocycles. The average Bonchev–Trinajstić information content (AvgIpc) is 2.53. The van der Waals surface area contributed by atoms with Crippen LogP contribution in [0.25, 0.3) is 0 Å². The van der Waals surface area contributed by atoms with Crippen molar-refractivity contribution in [1.29, 1.82) is 0 Å². The lowest BCUT2D eigenvalue weighted by molar-refractivity contribution is -0.130. The summed E-state index contributed by atoms with van der Waals surface area (Å²) in [5.74, 6) is 1.68. The highest BCUT2D eigenvalue weighted by atomic mass is 32.1. The van der Waals surface area contributed by atoms with E-state index in [-0.39, 0.29) is 6.29 Å². The molecule has 1 aromatic rings. The molecule has 124 valence electrons. The third kappa shape index (κ3) is 6.00. The molecule has 1 rings (SSSR count). The molecule has 0 fully saturated rings. The van der Waals surface area contributed by atoms with Crippen LogP contribution in [0.2, 0.25) is 0 Å². The lowest BCUT2D eigenvalue weighted by Crippen LogP contribution is -2.37. The zero-order valence-electron chi connectivity index (χ0n) is 13.3. The second-order valence-corrected chi connectivity index (χ2v) is 4.51. The molecule has 0 saturated carbocycles. The Bertz CT molecular complexity index is 467. The Morgan fingerprint density at radius 1 is 1.18 bits per heavy atom. The van der Waals surface area contributed by atoms with Crippen molar-refractivity contribution >= 4 is 23.1 Å². The molecule has 22 heavy (non-hydrogen) atoms. The Morgan fingerprint density at radius 3 is 2.36 bits per heavy atom. The molecule has 0 aromatic carbocycles. The first-order valence-corrected chi connectivity index (χ1v) is 7.41. The van der Waals surface area contributed by atoms with Gasteiger partial charge in [-0.15, -0.1) is 0 Å². The molecule has 1 aromatic heterocycles. The predicted molar refractivity (Wildman–Crippen MR) is 88.6 cm³/mol. The van der Waals surface area contributed by atoms with Crippen LogP contribution in [-0.2, 0) is 9.47 Å². The lowest BCUT2D eigenvalue weighted by atomic mass is 10.4. The van der Waals surface area contributed by atoms with Crippen molar-refractivity contribution in [3.63, 3.8) is 0 Å². The van der Waals surface area contributed by atoms with Crippen LogP contribution >= 0.6 is 12.2 Å². The maximum Gasteiger partial charge on any atom is 0.179 e. The van der Waals surface area contributed by atoms with Crippen LogP contribution in [0.15, 0.2) is 12.3 Å². The van der Waals surface area contributed by atoms with Crippen molar-refractivity contribution in [3.05, 3.63) is 12.3 Å². The van der Waals surface area contributed by atoms with E-state index in [1.807, 2.05) is 13.8 Å². The monoisotopic (exact) mass is 329 g/mol. The molecule has 0 aliphatic rings. The molecular formula is C14H23N3O4S. The van der Waals surface area contributed by atoms with Crippen molar-refractivity contribution in [2.75, 3.05) is 39.3 Å². The van der Waals surface area contributed by atoms with Crippen molar-refractivity contribution < 1.29 is 18.9 Å². The molecule has 0 atom stereocenters.